The first kappa shape index (κ1) is 19.5. The number of nitrogens with one attached hydrogen (secondary N) is 2. The van der Waals surface area contributed by atoms with Gasteiger partial charge in [0.1, 0.15) is 6.04 Å². The van der Waals surface area contributed by atoms with Crippen LogP contribution in [0.25, 0.3) is 0 Å². The molecule has 0 saturated carbocycles. The second-order valence-corrected chi connectivity index (χ2v) is 6.83. The van der Waals surface area contributed by atoms with Crippen molar-refractivity contribution in [3.63, 3.8) is 0 Å². The molecule has 1 aliphatic rings. The number of rotatable bonds is 6. The van der Waals surface area contributed by atoms with Crippen LogP contribution < -0.4 is 10.6 Å². The van der Waals surface area contributed by atoms with Crippen LogP contribution in [0.3, 0.4) is 0 Å². The standard InChI is InChI=1S/C17H24ClN3O4/c1-21(15(23)14(10-22)20-16(24)25)17(7-2-8-19-11-17)9-12-3-5-13(18)6-4-12/h3-6,14,19-20,22H,2,7-11H2,1H3,(H,24,25)/t14-,17+/m0/s1. The fraction of sp³-hybridized carbons (Fsp3) is 0.529. The van der Waals surface area contributed by atoms with E-state index in [1.165, 1.54) is 0 Å². The molecule has 1 aromatic rings. The summed E-state index contributed by atoms with van der Waals surface area (Å²) in [4.78, 5) is 25.2. The van der Waals surface area contributed by atoms with Crippen molar-refractivity contribution in [3.8, 4) is 0 Å². The molecule has 4 N–H and O–H groups in total. The molecule has 0 unspecified atom stereocenters. The molecule has 138 valence electrons. The van der Waals surface area contributed by atoms with Crippen molar-refractivity contribution in [3.05, 3.63) is 34.9 Å². The van der Waals surface area contributed by atoms with E-state index >= 15 is 0 Å². The summed E-state index contributed by atoms with van der Waals surface area (Å²) in [7, 11) is 1.66. The molecule has 1 fully saturated rings. The van der Waals surface area contributed by atoms with Crippen molar-refractivity contribution in [1.82, 2.24) is 15.5 Å². The molecule has 1 saturated heterocycles. The van der Waals surface area contributed by atoms with Crippen LogP contribution in [0, 0.1) is 0 Å². The number of amides is 2. The van der Waals surface area contributed by atoms with E-state index in [0.29, 0.717) is 18.0 Å². The summed E-state index contributed by atoms with van der Waals surface area (Å²) < 4.78 is 0. The zero-order valence-corrected chi connectivity index (χ0v) is 14.9. The van der Waals surface area contributed by atoms with E-state index in [-0.39, 0.29) is 0 Å². The SMILES string of the molecule is CN(C(=O)[C@H](CO)NC(=O)O)[C@@]1(Cc2ccc(Cl)cc2)CCCNC1. The van der Waals surface area contributed by atoms with Crippen molar-refractivity contribution in [2.75, 3.05) is 26.7 Å². The maximum Gasteiger partial charge on any atom is 0.405 e. The number of carboxylic acid groups (broad SMARTS) is 1. The molecule has 0 radical (unpaired) electrons. The van der Waals surface area contributed by atoms with Crippen LogP contribution in [0.1, 0.15) is 18.4 Å². The lowest BCUT2D eigenvalue weighted by molar-refractivity contribution is -0.139. The smallest absolute Gasteiger partial charge is 0.405 e. The number of piperidine rings is 1. The number of carbonyl (C=O) groups excluding carboxylic acids is 1. The van der Waals surface area contributed by atoms with E-state index in [1.54, 1.807) is 11.9 Å². The molecule has 1 aliphatic heterocycles. The molecule has 2 atom stereocenters. The van der Waals surface area contributed by atoms with Gasteiger partial charge < -0.3 is 25.7 Å². The Kier molecular flexibility index (Phi) is 6.64. The molecule has 25 heavy (non-hydrogen) atoms. The van der Waals surface area contributed by atoms with E-state index in [4.69, 9.17) is 16.7 Å². The van der Waals surface area contributed by atoms with Crippen LogP contribution in [-0.4, -0.2) is 65.4 Å². The molecular formula is C17H24ClN3O4. The van der Waals surface area contributed by atoms with Crippen LogP contribution in [0.2, 0.25) is 5.02 Å². The summed E-state index contributed by atoms with van der Waals surface area (Å²) >= 11 is 5.94. The first-order chi connectivity index (χ1) is 11.9. The van der Waals surface area contributed by atoms with Gasteiger partial charge in [0.25, 0.3) is 0 Å². The van der Waals surface area contributed by atoms with E-state index in [0.717, 1.165) is 24.9 Å². The van der Waals surface area contributed by atoms with Crippen molar-refractivity contribution >= 4 is 23.6 Å². The number of likely N-dealkylation sites (N-methyl/N-ethyl adjacent to an activating group) is 1. The number of carbonyl (C=O) groups is 2. The van der Waals surface area contributed by atoms with Gasteiger partial charge in [-0.05, 0) is 43.5 Å². The molecule has 2 rings (SSSR count). The van der Waals surface area contributed by atoms with Crippen molar-refractivity contribution < 1.29 is 19.8 Å². The number of aliphatic hydroxyl groups is 1. The molecule has 1 aromatic carbocycles. The van der Waals surface area contributed by atoms with Gasteiger partial charge in [0.2, 0.25) is 5.91 Å². The van der Waals surface area contributed by atoms with E-state index in [1.807, 2.05) is 24.3 Å². The van der Waals surface area contributed by atoms with Crippen molar-refractivity contribution in [2.45, 2.75) is 30.8 Å². The molecule has 0 aliphatic carbocycles. The quantitative estimate of drug-likeness (QED) is 0.601. The largest absolute Gasteiger partial charge is 0.465 e. The van der Waals surface area contributed by atoms with Crippen LogP contribution in [0.4, 0.5) is 4.79 Å². The van der Waals surface area contributed by atoms with Gasteiger partial charge in [0.05, 0.1) is 12.1 Å². The third-order valence-electron chi connectivity index (χ3n) is 4.72. The van der Waals surface area contributed by atoms with Gasteiger partial charge in [-0.25, -0.2) is 4.79 Å². The molecule has 0 spiro atoms. The first-order valence-corrected chi connectivity index (χ1v) is 8.59. The monoisotopic (exact) mass is 369 g/mol. The maximum absolute atomic E-state index is 12.7. The van der Waals surface area contributed by atoms with E-state index in [2.05, 4.69) is 10.6 Å². The van der Waals surface area contributed by atoms with Gasteiger partial charge in [-0.2, -0.15) is 0 Å². The average molecular weight is 370 g/mol. The van der Waals surface area contributed by atoms with Crippen LogP contribution >= 0.6 is 11.6 Å². The second kappa shape index (κ2) is 8.51. The maximum atomic E-state index is 12.7. The van der Waals surface area contributed by atoms with Crippen LogP contribution in [0.5, 0.6) is 0 Å². The summed E-state index contributed by atoms with van der Waals surface area (Å²) in [5, 5.41) is 24.3. The number of halogens is 1. The molecule has 8 heteroatoms. The van der Waals surface area contributed by atoms with Gasteiger partial charge in [-0.15, -0.1) is 0 Å². The Labute approximate surface area is 152 Å². The highest BCUT2D eigenvalue weighted by molar-refractivity contribution is 6.30. The first-order valence-electron chi connectivity index (χ1n) is 8.21. The lowest BCUT2D eigenvalue weighted by Gasteiger charge is -2.46. The highest BCUT2D eigenvalue weighted by Crippen LogP contribution is 2.28. The summed E-state index contributed by atoms with van der Waals surface area (Å²) in [6, 6.07) is 6.30. The number of hydrogen-bond donors (Lipinski definition) is 4. The average Bonchev–Trinajstić information content (AvgIpc) is 2.61. The third-order valence-corrected chi connectivity index (χ3v) is 4.97. The van der Waals surface area contributed by atoms with Gasteiger partial charge in [-0.1, -0.05) is 23.7 Å². The Morgan fingerprint density at radius 3 is 2.60 bits per heavy atom. The number of benzene rings is 1. The Morgan fingerprint density at radius 2 is 2.08 bits per heavy atom. The minimum atomic E-state index is -1.34. The summed E-state index contributed by atoms with van der Waals surface area (Å²) in [5.74, 6) is -0.442. The van der Waals surface area contributed by atoms with Gasteiger partial charge in [-0.3, -0.25) is 4.79 Å². The van der Waals surface area contributed by atoms with Gasteiger partial charge >= 0.3 is 6.09 Å². The second-order valence-electron chi connectivity index (χ2n) is 6.39. The molecule has 0 bridgehead atoms. The zero-order valence-electron chi connectivity index (χ0n) is 14.2. The minimum absolute atomic E-state index is 0.442. The topological polar surface area (TPSA) is 102 Å². The van der Waals surface area contributed by atoms with E-state index < -0.39 is 30.2 Å². The Balaban J connectivity index is 2.23. The summed E-state index contributed by atoms with van der Waals surface area (Å²) in [6.07, 6.45) is 0.969. The van der Waals surface area contributed by atoms with Gasteiger partial charge in [0, 0.05) is 18.6 Å². The summed E-state index contributed by atoms with van der Waals surface area (Å²) in [5.41, 5.74) is 0.552. The Bertz CT molecular complexity index is 602. The number of nitrogens with zero attached hydrogens (tertiary/aromatic N) is 1. The molecule has 0 aromatic heterocycles. The highest BCUT2D eigenvalue weighted by atomic mass is 35.5. The molecular weight excluding hydrogens is 346 g/mol. The number of hydrogen-bond acceptors (Lipinski definition) is 4. The predicted octanol–water partition coefficient (Wildman–Crippen LogP) is 1.09. The van der Waals surface area contributed by atoms with Crippen molar-refractivity contribution in [2.24, 2.45) is 0 Å². The van der Waals surface area contributed by atoms with E-state index in [9.17, 15) is 14.7 Å². The Morgan fingerprint density at radius 1 is 1.40 bits per heavy atom. The lowest BCUT2D eigenvalue weighted by atomic mass is 9.82. The molecule has 2 amide bonds. The lowest BCUT2D eigenvalue weighted by Crippen LogP contribution is -2.63. The van der Waals surface area contributed by atoms with Crippen LogP contribution in [-0.2, 0) is 11.2 Å². The van der Waals surface area contributed by atoms with Crippen LogP contribution in [0.15, 0.2) is 24.3 Å². The zero-order chi connectivity index (χ0) is 18.4. The predicted molar refractivity (Wildman–Crippen MR) is 94.8 cm³/mol. The minimum Gasteiger partial charge on any atom is -0.465 e. The third kappa shape index (κ3) is 4.84. The molecule has 7 nitrogen and oxygen atoms in total. The summed E-state index contributed by atoms with van der Waals surface area (Å²) in [6.45, 7) is 0.893. The fourth-order valence-corrected chi connectivity index (χ4v) is 3.42. The highest BCUT2D eigenvalue weighted by Gasteiger charge is 2.40. The number of aliphatic hydroxyl groups excluding tert-OH is 1. The Hall–Kier alpha value is -1.83. The normalized spacial score (nSPS) is 21.4. The fourth-order valence-electron chi connectivity index (χ4n) is 3.29. The van der Waals surface area contributed by atoms with Gasteiger partial charge in [0.15, 0.2) is 0 Å². The van der Waals surface area contributed by atoms with Crippen molar-refractivity contribution in [1.29, 1.82) is 0 Å². The molecule has 1 heterocycles.